The third-order valence-electron chi connectivity index (χ3n) is 6.08. The summed E-state index contributed by atoms with van der Waals surface area (Å²) in [6, 6.07) is 20.6. The van der Waals surface area contributed by atoms with Crippen molar-refractivity contribution in [1.29, 1.82) is 0 Å². The summed E-state index contributed by atoms with van der Waals surface area (Å²) in [6.45, 7) is 2.11. The minimum atomic E-state index is -0.956. The predicted octanol–water partition coefficient (Wildman–Crippen LogP) is 6.99. The van der Waals surface area contributed by atoms with Gasteiger partial charge in [-0.05, 0) is 95.0 Å². The first-order valence-electron chi connectivity index (χ1n) is 11.0. The van der Waals surface area contributed by atoms with Crippen molar-refractivity contribution in [2.45, 2.75) is 19.8 Å². The van der Waals surface area contributed by atoms with Crippen LogP contribution >= 0.6 is 11.6 Å². The average Bonchev–Trinajstić information content (AvgIpc) is 3.53. The van der Waals surface area contributed by atoms with Crippen LogP contribution in [0.1, 0.15) is 40.7 Å². The number of carboxylic acids is 1. The molecule has 5 rings (SSSR count). The van der Waals surface area contributed by atoms with Crippen LogP contribution < -0.4 is 0 Å². The van der Waals surface area contributed by atoms with Crippen molar-refractivity contribution < 1.29 is 9.90 Å². The normalized spacial score (nSPS) is 14.6. The molecule has 1 aliphatic carbocycles. The van der Waals surface area contributed by atoms with Gasteiger partial charge >= 0.3 is 5.97 Å². The molecule has 3 aromatic carbocycles. The molecular weight excluding hydrogens is 432 g/mol. The van der Waals surface area contributed by atoms with Gasteiger partial charge in [0.2, 0.25) is 0 Å². The van der Waals surface area contributed by atoms with Gasteiger partial charge in [0.05, 0.1) is 11.7 Å². The Labute approximate surface area is 197 Å². The molecule has 0 radical (unpaired) electrons. The summed E-state index contributed by atoms with van der Waals surface area (Å²) in [4.78, 5) is 10.9. The molecule has 1 aliphatic rings. The third-order valence-corrected chi connectivity index (χ3v) is 6.32. The van der Waals surface area contributed by atoms with Gasteiger partial charge in [-0.15, -0.1) is 0 Å². The van der Waals surface area contributed by atoms with Gasteiger partial charge in [0.1, 0.15) is 0 Å². The van der Waals surface area contributed by atoms with Crippen molar-refractivity contribution in [1.82, 2.24) is 10.2 Å². The van der Waals surface area contributed by atoms with Crippen molar-refractivity contribution >= 4 is 45.7 Å². The van der Waals surface area contributed by atoms with Crippen molar-refractivity contribution in [3.8, 4) is 0 Å². The van der Waals surface area contributed by atoms with Gasteiger partial charge in [-0.3, -0.25) is 5.10 Å². The lowest BCUT2D eigenvalue weighted by Gasteiger charge is -2.19. The van der Waals surface area contributed by atoms with E-state index < -0.39 is 5.97 Å². The highest BCUT2D eigenvalue weighted by atomic mass is 35.5. The summed E-state index contributed by atoms with van der Waals surface area (Å²) in [7, 11) is 0. The summed E-state index contributed by atoms with van der Waals surface area (Å²) in [5, 5.41) is 18.0. The largest absolute Gasteiger partial charge is 0.478 e. The lowest BCUT2D eigenvalue weighted by atomic mass is 9.85. The maximum atomic E-state index is 10.9. The van der Waals surface area contributed by atoms with Crippen molar-refractivity contribution in [2.24, 2.45) is 5.92 Å². The SMILES string of the molecule is Cc1cc(Cl)ccc1C(=C(c1ccc(C=CC(=O)O)cc1)c1ccc2[nH]ncc2c1)C1CC1. The van der Waals surface area contributed by atoms with Gasteiger partial charge in [-0.1, -0.05) is 48.0 Å². The number of aryl methyl sites for hydroxylation is 1. The number of aromatic amines is 1. The minimum Gasteiger partial charge on any atom is -0.478 e. The highest BCUT2D eigenvalue weighted by molar-refractivity contribution is 6.30. The van der Waals surface area contributed by atoms with Crippen LogP contribution in [0.15, 0.2) is 72.9 Å². The zero-order chi connectivity index (χ0) is 22.9. The van der Waals surface area contributed by atoms with E-state index in [0.29, 0.717) is 5.92 Å². The second-order valence-corrected chi connectivity index (χ2v) is 8.92. The van der Waals surface area contributed by atoms with E-state index in [0.717, 1.165) is 57.1 Å². The fourth-order valence-electron chi connectivity index (χ4n) is 4.36. The number of allylic oxidation sites excluding steroid dienone is 1. The first-order chi connectivity index (χ1) is 16.0. The number of nitrogens with one attached hydrogen (secondary N) is 1. The number of aliphatic carboxylic acids is 1. The minimum absolute atomic E-state index is 0.492. The van der Waals surface area contributed by atoms with E-state index in [1.54, 1.807) is 6.08 Å². The number of hydrogen-bond acceptors (Lipinski definition) is 2. The van der Waals surface area contributed by atoms with Gasteiger partial charge < -0.3 is 5.11 Å². The van der Waals surface area contributed by atoms with E-state index in [-0.39, 0.29) is 0 Å². The summed E-state index contributed by atoms with van der Waals surface area (Å²) >= 11 is 6.28. The first kappa shape index (κ1) is 21.2. The Bertz CT molecular complexity index is 1410. The standard InChI is InChI=1S/C28H23ClN2O2/c1-17-14-23(29)10-11-24(17)28(20-7-8-20)27(21-9-12-25-22(15-21)16-30-31-25)19-5-2-18(3-6-19)4-13-26(32)33/h2-6,9-16,20H,7-8H2,1H3,(H,30,31)(H,32,33). The molecule has 0 spiro atoms. The zero-order valence-electron chi connectivity index (χ0n) is 18.2. The summed E-state index contributed by atoms with van der Waals surface area (Å²) in [6.07, 6.45) is 6.94. The number of aromatic nitrogens is 2. The van der Waals surface area contributed by atoms with Gasteiger partial charge in [-0.25, -0.2) is 4.79 Å². The number of halogens is 1. The van der Waals surface area contributed by atoms with Crippen LogP contribution in [0.5, 0.6) is 0 Å². The van der Waals surface area contributed by atoms with E-state index in [2.05, 4.69) is 53.5 Å². The van der Waals surface area contributed by atoms with Crippen molar-refractivity contribution in [3.05, 3.63) is 106 Å². The van der Waals surface area contributed by atoms with E-state index >= 15 is 0 Å². The Morgan fingerprint density at radius 1 is 1.06 bits per heavy atom. The van der Waals surface area contributed by atoms with Crippen LogP contribution in [0, 0.1) is 12.8 Å². The van der Waals surface area contributed by atoms with Gasteiger partial charge in [0.15, 0.2) is 0 Å². The van der Waals surface area contributed by atoms with Crippen LogP contribution in [-0.4, -0.2) is 21.3 Å². The fraction of sp³-hybridized carbons (Fsp3) is 0.143. The Morgan fingerprint density at radius 2 is 1.82 bits per heavy atom. The Kier molecular flexibility index (Phi) is 5.61. The number of fused-ring (bicyclic) bond motifs is 1. The van der Waals surface area contributed by atoms with Gasteiger partial charge in [-0.2, -0.15) is 5.10 Å². The molecule has 164 valence electrons. The van der Waals surface area contributed by atoms with Crippen LogP contribution in [-0.2, 0) is 4.79 Å². The molecule has 5 heteroatoms. The lowest BCUT2D eigenvalue weighted by Crippen LogP contribution is -1.99. The lowest BCUT2D eigenvalue weighted by molar-refractivity contribution is -0.131. The maximum Gasteiger partial charge on any atom is 0.328 e. The third kappa shape index (κ3) is 4.48. The second-order valence-electron chi connectivity index (χ2n) is 8.49. The topological polar surface area (TPSA) is 66.0 Å². The Balaban J connectivity index is 1.73. The number of nitrogens with zero attached hydrogens (tertiary/aromatic N) is 1. The van der Waals surface area contributed by atoms with E-state index in [1.807, 2.05) is 30.5 Å². The number of H-pyrrole nitrogens is 1. The second kappa shape index (κ2) is 8.72. The molecule has 1 fully saturated rings. The van der Waals surface area contributed by atoms with Gasteiger partial charge in [0.25, 0.3) is 0 Å². The molecule has 1 saturated carbocycles. The molecule has 0 unspecified atom stereocenters. The van der Waals surface area contributed by atoms with Crippen LogP contribution in [0.3, 0.4) is 0 Å². The van der Waals surface area contributed by atoms with E-state index in [1.165, 1.54) is 16.7 Å². The summed E-state index contributed by atoms with van der Waals surface area (Å²) in [5.41, 5.74) is 8.99. The molecule has 0 saturated heterocycles. The highest BCUT2D eigenvalue weighted by Gasteiger charge is 2.31. The Morgan fingerprint density at radius 3 is 2.52 bits per heavy atom. The maximum absolute atomic E-state index is 10.9. The smallest absolute Gasteiger partial charge is 0.328 e. The molecule has 4 aromatic rings. The molecule has 1 heterocycles. The van der Waals surface area contributed by atoms with Crippen molar-refractivity contribution in [2.75, 3.05) is 0 Å². The average molecular weight is 455 g/mol. The molecule has 2 N–H and O–H groups in total. The molecule has 0 aliphatic heterocycles. The number of rotatable bonds is 6. The molecule has 33 heavy (non-hydrogen) atoms. The van der Waals surface area contributed by atoms with Crippen LogP contribution in [0.2, 0.25) is 5.02 Å². The van der Waals surface area contributed by atoms with Crippen LogP contribution in [0.4, 0.5) is 0 Å². The van der Waals surface area contributed by atoms with Crippen LogP contribution in [0.25, 0.3) is 28.1 Å². The number of hydrogen-bond donors (Lipinski definition) is 2. The van der Waals surface area contributed by atoms with E-state index in [4.69, 9.17) is 16.7 Å². The molecule has 4 nitrogen and oxygen atoms in total. The predicted molar refractivity (Wildman–Crippen MR) is 134 cm³/mol. The summed E-state index contributed by atoms with van der Waals surface area (Å²) in [5.74, 6) is -0.464. The molecule has 0 atom stereocenters. The summed E-state index contributed by atoms with van der Waals surface area (Å²) < 4.78 is 0. The first-order valence-corrected chi connectivity index (χ1v) is 11.3. The van der Waals surface area contributed by atoms with Crippen molar-refractivity contribution in [3.63, 3.8) is 0 Å². The highest BCUT2D eigenvalue weighted by Crippen LogP contribution is 2.48. The molecule has 0 bridgehead atoms. The quantitative estimate of drug-likeness (QED) is 0.243. The Hall–Kier alpha value is -3.63. The molecule has 0 amide bonds. The zero-order valence-corrected chi connectivity index (χ0v) is 18.9. The number of carbonyl (C=O) groups is 1. The van der Waals surface area contributed by atoms with Gasteiger partial charge in [0, 0.05) is 16.5 Å². The molecule has 1 aromatic heterocycles. The molecular formula is C28H23ClN2O2. The van der Waals surface area contributed by atoms with E-state index in [9.17, 15) is 4.79 Å². The monoisotopic (exact) mass is 454 g/mol. The fourth-order valence-corrected chi connectivity index (χ4v) is 4.59. The number of carboxylic acid groups (broad SMARTS) is 1. The number of benzene rings is 3.